The van der Waals surface area contributed by atoms with Gasteiger partial charge in [-0.3, -0.25) is 19.4 Å². The lowest BCUT2D eigenvalue weighted by Gasteiger charge is -2.34. The van der Waals surface area contributed by atoms with Crippen LogP contribution >= 0.6 is 0 Å². The molecule has 0 bridgehead atoms. The molecular weight excluding hydrogens is 328 g/mol. The minimum atomic E-state index is -0.0748. The molecule has 0 aromatic heterocycles. The highest BCUT2D eigenvalue weighted by Gasteiger charge is 2.18. The molecule has 1 aromatic rings. The molecule has 2 amide bonds. The molecule has 1 heterocycles. The number of nitrogens with one attached hydrogen (secondary N) is 2. The Balaban J connectivity index is 1.65. The van der Waals surface area contributed by atoms with Crippen LogP contribution in [0.3, 0.4) is 0 Å². The molecule has 6 nitrogen and oxygen atoms in total. The van der Waals surface area contributed by atoms with E-state index in [-0.39, 0.29) is 11.8 Å². The zero-order valence-electron chi connectivity index (χ0n) is 16.3. The number of carbonyl (C=O) groups is 2. The molecule has 0 unspecified atom stereocenters. The van der Waals surface area contributed by atoms with E-state index in [1.165, 1.54) is 18.1 Å². The average Bonchev–Trinajstić information content (AvgIpc) is 2.61. The highest BCUT2D eigenvalue weighted by Crippen LogP contribution is 2.16. The first-order valence-corrected chi connectivity index (χ1v) is 9.48. The van der Waals surface area contributed by atoms with E-state index < -0.39 is 0 Å². The van der Waals surface area contributed by atoms with Gasteiger partial charge in [-0.1, -0.05) is 38.1 Å². The zero-order valence-corrected chi connectivity index (χ0v) is 16.3. The van der Waals surface area contributed by atoms with Gasteiger partial charge in [0.05, 0.1) is 6.54 Å². The fraction of sp³-hybridized carbons (Fsp3) is 0.600. The van der Waals surface area contributed by atoms with E-state index in [0.717, 1.165) is 32.7 Å². The van der Waals surface area contributed by atoms with Crippen molar-refractivity contribution in [1.82, 2.24) is 20.4 Å². The van der Waals surface area contributed by atoms with Gasteiger partial charge in [0.1, 0.15) is 0 Å². The van der Waals surface area contributed by atoms with E-state index >= 15 is 0 Å². The smallest absolute Gasteiger partial charge is 0.234 e. The third-order valence-corrected chi connectivity index (χ3v) is 4.71. The number of benzene rings is 1. The fourth-order valence-corrected chi connectivity index (χ4v) is 3.07. The van der Waals surface area contributed by atoms with Gasteiger partial charge < -0.3 is 10.6 Å². The van der Waals surface area contributed by atoms with Crippen molar-refractivity contribution in [3.05, 3.63) is 35.4 Å². The van der Waals surface area contributed by atoms with Crippen molar-refractivity contribution in [3.63, 3.8) is 0 Å². The minimum Gasteiger partial charge on any atom is -0.355 e. The van der Waals surface area contributed by atoms with Crippen LogP contribution in [0.1, 0.15) is 37.8 Å². The molecule has 26 heavy (non-hydrogen) atoms. The Kier molecular flexibility index (Phi) is 8.06. The predicted molar refractivity (Wildman–Crippen MR) is 104 cm³/mol. The number of amides is 2. The number of hydrogen-bond donors (Lipinski definition) is 2. The van der Waals surface area contributed by atoms with Gasteiger partial charge in [0.15, 0.2) is 0 Å². The third kappa shape index (κ3) is 7.14. The summed E-state index contributed by atoms with van der Waals surface area (Å²) in [6.07, 6.45) is 0. The molecule has 1 aliphatic heterocycles. The first-order valence-electron chi connectivity index (χ1n) is 9.48. The molecule has 0 aliphatic carbocycles. The first-order chi connectivity index (χ1) is 12.4. The summed E-state index contributed by atoms with van der Waals surface area (Å²) in [5.74, 6) is 0.513. The molecule has 0 atom stereocenters. The molecule has 0 saturated carbocycles. The van der Waals surface area contributed by atoms with E-state index in [1.54, 1.807) is 0 Å². The van der Waals surface area contributed by atoms with Crippen LogP contribution < -0.4 is 10.6 Å². The van der Waals surface area contributed by atoms with Crippen LogP contribution in [0.15, 0.2) is 24.3 Å². The Morgan fingerprint density at radius 3 is 2.12 bits per heavy atom. The van der Waals surface area contributed by atoms with E-state index in [9.17, 15) is 9.59 Å². The van der Waals surface area contributed by atoms with Crippen molar-refractivity contribution in [2.24, 2.45) is 0 Å². The normalized spacial score (nSPS) is 15.8. The van der Waals surface area contributed by atoms with Crippen LogP contribution in [0, 0.1) is 0 Å². The molecule has 1 saturated heterocycles. The summed E-state index contributed by atoms with van der Waals surface area (Å²) in [5.41, 5.74) is 2.72. The van der Waals surface area contributed by atoms with Crippen molar-refractivity contribution in [1.29, 1.82) is 0 Å². The SMILES string of the molecule is CC(=O)NCCNC(=O)CN1CCN(Cc2ccc(C(C)C)cc2)CC1. The van der Waals surface area contributed by atoms with E-state index in [4.69, 9.17) is 0 Å². The highest BCUT2D eigenvalue weighted by atomic mass is 16.2. The van der Waals surface area contributed by atoms with Crippen molar-refractivity contribution in [2.45, 2.75) is 33.2 Å². The third-order valence-electron chi connectivity index (χ3n) is 4.71. The van der Waals surface area contributed by atoms with Crippen LogP contribution in [0.2, 0.25) is 0 Å². The quantitative estimate of drug-likeness (QED) is 0.684. The maximum Gasteiger partial charge on any atom is 0.234 e. The van der Waals surface area contributed by atoms with Gasteiger partial charge in [0, 0.05) is 52.7 Å². The lowest BCUT2D eigenvalue weighted by molar-refractivity contribution is -0.123. The minimum absolute atomic E-state index is 0.0214. The largest absolute Gasteiger partial charge is 0.355 e. The standard InChI is InChI=1S/C20H32N4O2/c1-16(2)19-6-4-18(5-7-19)14-23-10-12-24(13-11-23)15-20(26)22-9-8-21-17(3)25/h4-7,16H,8-15H2,1-3H3,(H,21,25)(H,22,26). The topological polar surface area (TPSA) is 64.7 Å². The molecule has 0 spiro atoms. The molecule has 6 heteroatoms. The monoisotopic (exact) mass is 360 g/mol. The van der Waals surface area contributed by atoms with Crippen molar-refractivity contribution in [2.75, 3.05) is 45.8 Å². The number of nitrogens with zero attached hydrogens (tertiary/aromatic N) is 2. The molecule has 1 aliphatic rings. The van der Waals surface area contributed by atoms with Crippen LogP contribution in [0.25, 0.3) is 0 Å². The Bertz CT molecular complexity index is 578. The van der Waals surface area contributed by atoms with Gasteiger partial charge in [-0.25, -0.2) is 0 Å². The Hall–Kier alpha value is -1.92. The summed E-state index contributed by atoms with van der Waals surface area (Å²) in [4.78, 5) is 27.3. The Morgan fingerprint density at radius 1 is 0.962 bits per heavy atom. The van der Waals surface area contributed by atoms with Crippen molar-refractivity contribution >= 4 is 11.8 Å². The molecule has 2 N–H and O–H groups in total. The second-order valence-corrected chi connectivity index (χ2v) is 7.28. The Morgan fingerprint density at radius 2 is 1.54 bits per heavy atom. The Labute approximate surface area is 156 Å². The van der Waals surface area contributed by atoms with E-state index in [2.05, 4.69) is 58.5 Å². The first kappa shape index (κ1) is 20.4. The van der Waals surface area contributed by atoms with E-state index in [0.29, 0.717) is 25.6 Å². The maximum absolute atomic E-state index is 11.9. The van der Waals surface area contributed by atoms with Gasteiger partial charge in [-0.15, -0.1) is 0 Å². The molecule has 144 valence electrons. The van der Waals surface area contributed by atoms with Crippen LogP contribution in [-0.2, 0) is 16.1 Å². The number of carbonyl (C=O) groups excluding carboxylic acids is 2. The summed E-state index contributed by atoms with van der Waals surface area (Å²) in [6.45, 7) is 12.0. The number of hydrogen-bond acceptors (Lipinski definition) is 4. The van der Waals surface area contributed by atoms with Crippen LogP contribution in [0.4, 0.5) is 0 Å². The summed E-state index contributed by atoms with van der Waals surface area (Å²) in [6, 6.07) is 8.90. The van der Waals surface area contributed by atoms with Crippen LogP contribution in [-0.4, -0.2) is 67.4 Å². The molecular formula is C20H32N4O2. The van der Waals surface area contributed by atoms with Gasteiger partial charge >= 0.3 is 0 Å². The second-order valence-electron chi connectivity index (χ2n) is 7.28. The lowest BCUT2D eigenvalue weighted by Crippen LogP contribution is -2.49. The summed E-state index contributed by atoms with van der Waals surface area (Å²) >= 11 is 0. The summed E-state index contributed by atoms with van der Waals surface area (Å²) in [7, 11) is 0. The second kappa shape index (κ2) is 10.3. The van der Waals surface area contributed by atoms with Gasteiger partial charge in [-0.05, 0) is 17.0 Å². The fourth-order valence-electron chi connectivity index (χ4n) is 3.07. The molecule has 2 rings (SSSR count). The van der Waals surface area contributed by atoms with Crippen molar-refractivity contribution < 1.29 is 9.59 Å². The summed E-state index contributed by atoms with van der Waals surface area (Å²) in [5, 5.41) is 5.51. The molecule has 1 fully saturated rings. The van der Waals surface area contributed by atoms with Gasteiger partial charge in [0.2, 0.25) is 11.8 Å². The lowest BCUT2D eigenvalue weighted by atomic mass is 10.0. The van der Waals surface area contributed by atoms with Crippen molar-refractivity contribution in [3.8, 4) is 0 Å². The zero-order chi connectivity index (χ0) is 18.9. The highest BCUT2D eigenvalue weighted by molar-refractivity contribution is 5.78. The predicted octanol–water partition coefficient (Wildman–Crippen LogP) is 1.18. The molecule has 1 aromatic carbocycles. The molecule has 0 radical (unpaired) electrons. The van der Waals surface area contributed by atoms with E-state index in [1.807, 2.05) is 0 Å². The maximum atomic E-state index is 11.9. The summed E-state index contributed by atoms with van der Waals surface area (Å²) < 4.78 is 0. The van der Waals surface area contributed by atoms with Crippen LogP contribution in [0.5, 0.6) is 0 Å². The number of rotatable bonds is 8. The number of piperazine rings is 1. The van der Waals surface area contributed by atoms with Gasteiger partial charge in [0.25, 0.3) is 0 Å². The average molecular weight is 361 g/mol. The van der Waals surface area contributed by atoms with Gasteiger partial charge in [-0.2, -0.15) is 0 Å².